The highest BCUT2D eigenvalue weighted by Crippen LogP contribution is 2.14. The predicted molar refractivity (Wildman–Crippen MR) is 73.3 cm³/mol. The molecule has 6 heteroatoms. The summed E-state index contributed by atoms with van der Waals surface area (Å²) < 4.78 is 0. The Morgan fingerprint density at radius 2 is 1.84 bits per heavy atom. The summed E-state index contributed by atoms with van der Waals surface area (Å²) >= 11 is 0. The summed E-state index contributed by atoms with van der Waals surface area (Å²) in [6.45, 7) is 2.35. The maximum Gasteiger partial charge on any atom is 0.337 e. The van der Waals surface area contributed by atoms with Crippen molar-refractivity contribution in [1.82, 2.24) is 4.90 Å². The molecule has 106 valence electrons. The molecule has 19 heavy (non-hydrogen) atoms. The van der Waals surface area contributed by atoms with Gasteiger partial charge >= 0.3 is 5.97 Å². The van der Waals surface area contributed by atoms with Crippen molar-refractivity contribution in [2.24, 2.45) is 0 Å². The van der Waals surface area contributed by atoms with Gasteiger partial charge in [0.1, 0.15) is 0 Å². The van der Waals surface area contributed by atoms with E-state index in [0.29, 0.717) is 5.69 Å². The molecular formula is C13H20N2O4. The van der Waals surface area contributed by atoms with Gasteiger partial charge in [0, 0.05) is 13.5 Å². The van der Waals surface area contributed by atoms with Crippen molar-refractivity contribution < 1.29 is 19.8 Å². The Morgan fingerprint density at radius 3 is 2.21 bits per heavy atom. The van der Waals surface area contributed by atoms with Crippen LogP contribution in [-0.2, 0) is 4.79 Å². The molecule has 1 aromatic rings. The van der Waals surface area contributed by atoms with Crippen LogP contribution in [0.1, 0.15) is 17.3 Å². The van der Waals surface area contributed by atoms with Crippen LogP contribution < -0.4 is 5.32 Å². The van der Waals surface area contributed by atoms with Gasteiger partial charge in [-0.05, 0) is 26.2 Å². The SMILES string of the molecule is CC(=O)Nc1ccccc1C(=O)O.CN(C)CCO. The zero-order valence-electron chi connectivity index (χ0n) is 11.4. The third-order valence-corrected chi connectivity index (χ3v) is 2.02. The van der Waals surface area contributed by atoms with Gasteiger partial charge in [-0.25, -0.2) is 4.79 Å². The van der Waals surface area contributed by atoms with Gasteiger partial charge in [-0.1, -0.05) is 12.1 Å². The smallest absolute Gasteiger partial charge is 0.337 e. The van der Waals surface area contributed by atoms with Crippen LogP contribution in [0.3, 0.4) is 0 Å². The summed E-state index contributed by atoms with van der Waals surface area (Å²) in [5.41, 5.74) is 0.417. The number of aliphatic hydroxyl groups is 1. The fourth-order valence-corrected chi connectivity index (χ4v) is 1.17. The molecule has 0 saturated carbocycles. The van der Waals surface area contributed by atoms with E-state index in [4.69, 9.17) is 10.2 Å². The quantitative estimate of drug-likeness (QED) is 0.754. The molecule has 0 aromatic heterocycles. The number of aliphatic hydroxyl groups excluding tert-OH is 1. The zero-order chi connectivity index (χ0) is 14.8. The number of carbonyl (C=O) groups is 2. The van der Waals surface area contributed by atoms with Crippen molar-refractivity contribution in [2.45, 2.75) is 6.92 Å². The van der Waals surface area contributed by atoms with Crippen LogP contribution in [0.15, 0.2) is 24.3 Å². The Hall–Kier alpha value is -1.92. The second-order valence-corrected chi connectivity index (χ2v) is 4.06. The molecule has 0 heterocycles. The average Bonchev–Trinajstić information content (AvgIpc) is 2.29. The zero-order valence-corrected chi connectivity index (χ0v) is 11.4. The molecular weight excluding hydrogens is 248 g/mol. The van der Waals surface area contributed by atoms with Crippen LogP contribution in [0.4, 0.5) is 5.69 Å². The van der Waals surface area contributed by atoms with Crippen molar-refractivity contribution in [2.75, 3.05) is 32.6 Å². The largest absolute Gasteiger partial charge is 0.478 e. The number of nitrogens with zero attached hydrogens (tertiary/aromatic N) is 1. The number of hydrogen-bond donors (Lipinski definition) is 3. The first-order valence-corrected chi connectivity index (χ1v) is 5.74. The lowest BCUT2D eigenvalue weighted by molar-refractivity contribution is -0.114. The van der Waals surface area contributed by atoms with Gasteiger partial charge in [-0.15, -0.1) is 0 Å². The number of anilines is 1. The monoisotopic (exact) mass is 268 g/mol. The minimum atomic E-state index is -1.05. The topological polar surface area (TPSA) is 89.9 Å². The summed E-state index contributed by atoms with van der Waals surface area (Å²) in [6.07, 6.45) is 0. The highest BCUT2D eigenvalue weighted by molar-refractivity contribution is 5.99. The van der Waals surface area contributed by atoms with Gasteiger partial charge in [0.2, 0.25) is 5.91 Å². The number of carboxylic acids is 1. The Kier molecular flexibility index (Phi) is 8.15. The fourth-order valence-electron chi connectivity index (χ4n) is 1.17. The van der Waals surface area contributed by atoms with Crippen LogP contribution in [0.25, 0.3) is 0 Å². The lowest BCUT2D eigenvalue weighted by Crippen LogP contribution is -2.15. The minimum absolute atomic E-state index is 0.0951. The van der Waals surface area contributed by atoms with Crippen LogP contribution in [-0.4, -0.2) is 54.2 Å². The van der Waals surface area contributed by atoms with E-state index in [9.17, 15) is 9.59 Å². The number of aromatic carboxylic acids is 1. The molecule has 1 rings (SSSR count). The first kappa shape index (κ1) is 17.1. The van der Waals surface area contributed by atoms with E-state index < -0.39 is 5.97 Å². The molecule has 3 N–H and O–H groups in total. The number of benzene rings is 1. The Labute approximate surface area is 112 Å². The van der Waals surface area contributed by atoms with Gasteiger partial charge in [0.05, 0.1) is 17.9 Å². The summed E-state index contributed by atoms with van der Waals surface area (Å²) in [4.78, 5) is 23.3. The fraction of sp³-hybridized carbons (Fsp3) is 0.385. The lowest BCUT2D eigenvalue weighted by atomic mass is 10.2. The number of hydrogen-bond acceptors (Lipinski definition) is 4. The molecule has 0 atom stereocenters. The molecule has 0 saturated heterocycles. The number of carbonyl (C=O) groups excluding carboxylic acids is 1. The molecule has 1 aromatic carbocycles. The highest BCUT2D eigenvalue weighted by Gasteiger charge is 2.08. The summed E-state index contributed by atoms with van der Waals surface area (Å²) in [6, 6.07) is 6.25. The molecule has 0 aliphatic rings. The molecule has 1 amide bonds. The molecule has 0 spiro atoms. The number of likely N-dealkylation sites (N-methyl/N-ethyl adjacent to an activating group) is 1. The van der Waals surface area contributed by atoms with E-state index in [1.165, 1.54) is 13.0 Å². The van der Waals surface area contributed by atoms with Gasteiger partial charge in [-0.3, -0.25) is 4.79 Å². The van der Waals surface area contributed by atoms with Crippen LogP contribution in [0, 0.1) is 0 Å². The third-order valence-electron chi connectivity index (χ3n) is 2.02. The lowest BCUT2D eigenvalue weighted by Gasteiger charge is -2.04. The average molecular weight is 268 g/mol. The summed E-state index contributed by atoms with van der Waals surface area (Å²) in [5, 5.41) is 19.4. The number of nitrogens with one attached hydrogen (secondary N) is 1. The van der Waals surface area contributed by atoms with Crippen LogP contribution >= 0.6 is 0 Å². The number of para-hydroxylation sites is 1. The molecule has 0 radical (unpaired) electrons. The number of rotatable bonds is 4. The molecule has 0 unspecified atom stereocenters. The Bertz CT molecular complexity index is 419. The molecule has 0 aliphatic carbocycles. The number of carboxylic acid groups (broad SMARTS) is 1. The van der Waals surface area contributed by atoms with Gasteiger partial charge in [-0.2, -0.15) is 0 Å². The Morgan fingerprint density at radius 1 is 1.26 bits per heavy atom. The van der Waals surface area contributed by atoms with Crippen molar-refractivity contribution in [3.63, 3.8) is 0 Å². The second-order valence-electron chi connectivity index (χ2n) is 4.06. The van der Waals surface area contributed by atoms with E-state index in [1.807, 2.05) is 19.0 Å². The van der Waals surface area contributed by atoms with E-state index in [2.05, 4.69) is 5.32 Å². The van der Waals surface area contributed by atoms with Crippen molar-refractivity contribution in [3.05, 3.63) is 29.8 Å². The summed E-state index contributed by atoms with van der Waals surface area (Å²) in [5.74, 6) is -1.34. The second kappa shape index (κ2) is 9.07. The number of amides is 1. The van der Waals surface area contributed by atoms with Gasteiger partial charge in [0.15, 0.2) is 0 Å². The van der Waals surface area contributed by atoms with E-state index >= 15 is 0 Å². The van der Waals surface area contributed by atoms with Crippen LogP contribution in [0.5, 0.6) is 0 Å². The Balaban J connectivity index is 0.000000459. The van der Waals surface area contributed by atoms with E-state index in [1.54, 1.807) is 18.2 Å². The first-order chi connectivity index (χ1) is 8.88. The molecule has 0 aliphatic heterocycles. The van der Waals surface area contributed by atoms with E-state index in [0.717, 1.165) is 6.54 Å². The highest BCUT2D eigenvalue weighted by atomic mass is 16.4. The van der Waals surface area contributed by atoms with Gasteiger partial charge in [0.25, 0.3) is 0 Å². The van der Waals surface area contributed by atoms with Gasteiger partial charge < -0.3 is 20.4 Å². The van der Waals surface area contributed by atoms with E-state index in [-0.39, 0.29) is 18.1 Å². The molecule has 0 fully saturated rings. The third kappa shape index (κ3) is 7.91. The minimum Gasteiger partial charge on any atom is -0.478 e. The molecule has 6 nitrogen and oxygen atoms in total. The maximum absolute atomic E-state index is 10.7. The van der Waals surface area contributed by atoms with Crippen molar-refractivity contribution in [1.29, 1.82) is 0 Å². The standard InChI is InChI=1S/C9H9NO3.C4H11NO/c1-6(11)10-8-5-3-2-4-7(8)9(12)13;1-5(2)3-4-6/h2-5H,1H3,(H,10,11)(H,12,13);6H,3-4H2,1-2H3. The normalized spacial score (nSPS) is 9.53. The van der Waals surface area contributed by atoms with Crippen molar-refractivity contribution >= 4 is 17.6 Å². The predicted octanol–water partition coefficient (Wildman–Crippen LogP) is 0.883. The first-order valence-electron chi connectivity index (χ1n) is 5.74. The summed E-state index contributed by atoms with van der Waals surface area (Å²) in [7, 11) is 3.85. The maximum atomic E-state index is 10.7. The molecule has 0 bridgehead atoms. The van der Waals surface area contributed by atoms with Crippen LogP contribution in [0.2, 0.25) is 0 Å². The van der Waals surface area contributed by atoms with Crippen molar-refractivity contribution in [3.8, 4) is 0 Å².